The largest absolute Gasteiger partial charge is 0.147 e. The van der Waals surface area contributed by atoms with Crippen molar-refractivity contribution in [2.45, 2.75) is 66.2 Å². The van der Waals surface area contributed by atoms with Gasteiger partial charge >= 0.3 is 217 Å². The number of aryl methyl sites for hydroxylation is 2. The Balaban J connectivity index is 0.00000241. The van der Waals surface area contributed by atoms with E-state index in [-0.39, 0.29) is 35.6 Å². The molecule has 0 atom stereocenters. The number of furan rings is 1. The number of halogens is 2. The van der Waals surface area contributed by atoms with Gasteiger partial charge in [-0.2, -0.15) is 0 Å². The molecule has 0 saturated heterocycles. The van der Waals surface area contributed by atoms with Gasteiger partial charge in [0.2, 0.25) is 0 Å². The van der Waals surface area contributed by atoms with Crippen LogP contribution in [-0.2, 0) is 29.0 Å². The molecule has 0 saturated carbocycles. The molecule has 3 aromatic carbocycles. The summed E-state index contributed by atoms with van der Waals surface area (Å²) >= 11 is -2.79. The van der Waals surface area contributed by atoms with Gasteiger partial charge in [0.15, 0.2) is 0 Å². The number of rotatable bonds is 5. The van der Waals surface area contributed by atoms with Gasteiger partial charge < -0.3 is 0 Å². The molecule has 37 heavy (non-hydrogen) atoms. The monoisotopic (exact) mass is 576 g/mol. The SMILES string of the molecule is Cc1ccc([O][Ti](=[CH]c2occ3ccccc23)[O]c2ccc(C)cc2C(C)(C)C)c(C(C)(C)C)c1.Cl.Cl. The van der Waals surface area contributed by atoms with Crippen molar-refractivity contribution in [1.82, 2.24) is 0 Å². The van der Waals surface area contributed by atoms with Crippen LogP contribution >= 0.6 is 24.8 Å². The minimum absolute atomic E-state index is 0. The van der Waals surface area contributed by atoms with Crippen LogP contribution in [0.4, 0.5) is 0 Å². The second kappa shape index (κ2) is 12.2. The van der Waals surface area contributed by atoms with Crippen molar-refractivity contribution >= 4 is 39.9 Å². The molecule has 0 amide bonds. The van der Waals surface area contributed by atoms with E-state index in [4.69, 9.17) is 11.1 Å². The summed E-state index contributed by atoms with van der Waals surface area (Å²) in [6.07, 6.45) is 1.80. The molecule has 6 heteroatoms. The number of hydrogen-bond donors (Lipinski definition) is 0. The maximum Gasteiger partial charge on any atom is -0.147 e. The Hall–Kier alpha value is -2.04. The minimum atomic E-state index is -2.79. The van der Waals surface area contributed by atoms with E-state index in [1.807, 2.05) is 12.1 Å². The fraction of sp³-hybridized carbons (Fsp3) is 0.323. The first kappa shape index (κ1) is 31.2. The third-order valence-corrected chi connectivity index (χ3v) is 8.19. The number of hydrogen-bond acceptors (Lipinski definition) is 3. The van der Waals surface area contributed by atoms with Gasteiger partial charge in [0.05, 0.1) is 0 Å². The molecule has 0 fully saturated rings. The van der Waals surface area contributed by atoms with E-state index in [0.29, 0.717) is 0 Å². The fourth-order valence-electron chi connectivity index (χ4n) is 4.17. The molecule has 198 valence electrons. The molecular formula is C31H38Cl2O3Ti. The molecule has 0 unspecified atom stereocenters. The second-order valence-corrected chi connectivity index (χ2v) is 13.4. The van der Waals surface area contributed by atoms with Crippen LogP contribution in [0.3, 0.4) is 0 Å². The quantitative estimate of drug-likeness (QED) is 0.222. The topological polar surface area (TPSA) is 31.6 Å². The summed E-state index contributed by atoms with van der Waals surface area (Å²) in [5.41, 5.74) is 4.71. The van der Waals surface area contributed by atoms with E-state index in [1.54, 1.807) is 6.26 Å². The maximum absolute atomic E-state index is 6.78. The molecule has 3 nitrogen and oxygen atoms in total. The Morgan fingerprint density at radius 2 is 1.19 bits per heavy atom. The molecule has 0 aliphatic carbocycles. The van der Waals surface area contributed by atoms with Crippen molar-refractivity contribution < 1.29 is 29.2 Å². The predicted octanol–water partition coefficient (Wildman–Crippen LogP) is 9.24. The van der Waals surface area contributed by atoms with Crippen molar-refractivity contribution in [2.75, 3.05) is 0 Å². The molecular weight excluding hydrogens is 539 g/mol. The molecule has 0 aliphatic rings. The number of benzene rings is 3. The summed E-state index contributed by atoms with van der Waals surface area (Å²) in [5.74, 6) is 2.58. The zero-order valence-electron chi connectivity index (χ0n) is 23.0. The average Bonchev–Trinajstić information content (AvgIpc) is 3.17. The van der Waals surface area contributed by atoms with Crippen LogP contribution in [0, 0.1) is 13.8 Å². The second-order valence-electron chi connectivity index (χ2n) is 11.4. The zero-order chi connectivity index (χ0) is 25.4. The zero-order valence-corrected chi connectivity index (χ0v) is 26.2. The van der Waals surface area contributed by atoms with Gasteiger partial charge in [-0.3, -0.25) is 0 Å². The first-order valence-corrected chi connectivity index (χ1v) is 14.4. The smallest absolute Gasteiger partial charge is 0.147 e. The van der Waals surface area contributed by atoms with E-state index in [2.05, 4.69) is 108 Å². The van der Waals surface area contributed by atoms with Gasteiger partial charge in [-0.15, -0.1) is 24.8 Å². The van der Waals surface area contributed by atoms with Crippen molar-refractivity contribution in [3.8, 4) is 11.5 Å². The van der Waals surface area contributed by atoms with Crippen LogP contribution in [0.5, 0.6) is 11.5 Å². The van der Waals surface area contributed by atoms with Crippen molar-refractivity contribution in [2.24, 2.45) is 0 Å². The Kier molecular flexibility index (Phi) is 10.3. The first-order chi connectivity index (χ1) is 16.4. The molecule has 0 N–H and O–H groups in total. The van der Waals surface area contributed by atoms with Gasteiger partial charge in [0.25, 0.3) is 0 Å². The van der Waals surface area contributed by atoms with E-state index < -0.39 is 18.2 Å². The standard InChI is InChI=1S/2C11H16O.C9H6O.2ClH.Ti/c2*1-8-5-6-10(12)9(7-8)11(2,3)4;1-7-9-5-3-2-4-8(9)6-10-7;;;/h2*5-7,12H,1-4H3;1-6H;2*1H;/q;;;;;+2/p-2. The van der Waals surface area contributed by atoms with E-state index in [0.717, 1.165) is 28.0 Å². The Labute approximate surface area is 240 Å². The summed E-state index contributed by atoms with van der Waals surface area (Å²) in [7, 11) is 0. The fourth-order valence-corrected chi connectivity index (χ4v) is 6.33. The summed E-state index contributed by atoms with van der Waals surface area (Å²) in [4.78, 5) is 0. The first-order valence-electron chi connectivity index (χ1n) is 12.2. The van der Waals surface area contributed by atoms with Gasteiger partial charge in [-0.05, 0) is 0 Å². The van der Waals surface area contributed by atoms with Crippen LogP contribution in [0.1, 0.15) is 69.6 Å². The molecule has 4 rings (SSSR count). The van der Waals surface area contributed by atoms with Crippen LogP contribution in [0.25, 0.3) is 10.8 Å². The van der Waals surface area contributed by atoms with Crippen LogP contribution < -0.4 is 6.64 Å². The van der Waals surface area contributed by atoms with Gasteiger partial charge in [-0.1, -0.05) is 0 Å². The van der Waals surface area contributed by atoms with Crippen molar-refractivity contribution in [3.63, 3.8) is 0 Å². The van der Waals surface area contributed by atoms with Crippen molar-refractivity contribution in [3.05, 3.63) is 94.9 Å². The maximum atomic E-state index is 6.78. The van der Waals surface area contributed by atoms with E-state index in [1.165, 1.54) is 22.3 Å². The van der Waals surface area contributed by atoms with Gasteiger partial charge in [0.1, 0.15) is 0 Å². The molecule has 0 radical (unpaired) electrons. The van der Waals surface area contributed by atoms with Crippen molar-refractivity contribution in [1.29, 1.82) is 0 Å². The minimum Gasteiger partial charge on any atom is -0.147 e. The molecule has 0 aliphatic heterocycles. The van der Waals surface area contributed by atoms with Crippen LogP contribution in [0.2, 0.25) is 0 Å². The average molecular weight is 577 g/mol. The Bertz CT molecular complexity index is 1320. The van der Waals surface area contributed by atoms with Gasteiger partial charge in [0, 0.05) is 0 Å². The third-order valence-electron chi connectivity index (χ3n) is 6.10. The summed E-state index contributed by atoms with van der Waals surface area (Å²) in [5, 5.41) is 2.15. The summed E-state index contributed by atoms with van der Waals surface area (Å²) in [6.45, 7) is 17.6. The molecule has 0 spiro atoms. The van der Waals surface area contributed by atoms with E-state index in [9.17, 15) is 0 Å². The Morgan fingerprint density at radius 3 is 1.68 bits per heavy atom. The molecule has 0 bridgehead atoms. The molecule has 4 aromatic rings. The normalized spacial score (nSPS) is 11.4. The summed E-state index contributed by atoms with van der Waals surface area (Å²) in [6, 6.07) is 21.0. The van der Waals surface area contributed by atoms with E-state index >= 15 is 0 Å². The molecule has 1 heterocycles. The summed E-state index contributed by atoms with van der Waals surface area (Å²) < 4.78 is 21.6. The predicted molar refractivity (Wildman–Crippen MR) is 157 cm³/mol. The number of fused-ring (bicyclic) bond motifs is 1. The van der Waals surface area contributed by atoms with Crippen LogP contribution in [0.15, 0.2) is 71.3 Å². The molecule has 1 aromatic heterocycles. The van der Waals surface area contributed by atoms with Crippen LogP contribution in [-0.4, -0.2) is 4.31 Å². The third kappa shape index (κ3) is 7.51. The Morgan fingerprint density at radius 1 is 0.703 bits per heavy atom. The van der Waals surface area contributed by atoms with Gasteiger partial charge in [-0.25, -0.2) is 0 Å².